The number of nitrogens with one attached hydrogen (secondary N) is 4. The summed E-state index contributed by atoms with van der Waals surface area (Å²) in [6.45, 7) is 7.28. The van der Waals surface area contributed by atoms with Crippen LogP contribution in [0, 0.1) is 5.92 Å². The molecule has 2 rings (SSSR count). The molecule has 0 spiro atoms. The van der Waals surface area contributed by atoms with Crippen molar-refractivity contribution in [3.63, 3.8) is 0 Å². The monoisotopic (exact) mass is 675 g/mol. The van der Waals surface area contributed by atoms with Gasteiger partial charge in [-0.2, -0.15) is 0 Å². The Balaban J connectivity index is 2.13. The van der Waals surface area contributed by atoms with Crippen LogP contribution in [0.2, 0.25) is 0 Å². The zero-order valence-electron chi connectivity index (χ0n) is 28.4. The molecule has 15 heteroatoms. The molecule has 1 saturated heterocycles. The van der Waals surface area contributed by atoms with Crippen LogP contribution in [-0.2, 0) is 35.2 Å². The Labute approximate surface area is 281 Å². The molecular formula is C33H53N7O8. The number of likely N-dealkylation sites (tertiary alicyclic amines) is 1. The molecule has 0 bridgehead atoms. The van der Waals surface area contributed by atoms with E-state index in [1.165, 1.54) is 24.0 Å². The first kappa shape index (κ1) is 39.9. The summed E-state index contributed by atoms with van der Waals surface area (Å²) in [5, 5.41) is 29.2. The van der Waals surface area contributed by atoms with Crippen LogP contribution in [0.25, 0.3) is 0 Å². The fraction of sp³-hybridized carbons (Fsp3) is 0.636. The molecule has 10 N–H and O–H groups in total. The number of hydrogen-bond donors (Lipinski definition) is 8. The number of aliphatic carboxylic acids is 1. The minimum Gasteiger partial charge on any atom is -0.508 e. The zero-order valence-corrected chi connectivity index (χ0v) is 28.4. The molecule has 1 aliphatic rings. The molecule has 1 heterocycles. The Kier molecular flexibility index (Phi) is 16.3. The maximum absolute atomic E-state index is 13.5. The summed E-state index contributed by atoms with van der Waals surface area (Å²) < 4.78 is 0. The smallest absolute Gasteiger partial charge is 0.325 e. The largest absolute Gasteiger partial charge is 0.508 e. The first-order valence-corrected chi connectivity index (χ1v) is 16.7. The zero-order chi connectivity index (χ0) is 36.0. The van der Waals surface area contributed by atoms with Crippen molar-refractivity contribution in [2.75, 3.05) is 13.1 Å². The molecule has 1 fully saturated rings. The van der Waals surface area contributed by atoms with Gasteiger partial charge in [-0.3, -0.25) is 28.8 Å². The third-order valence-electron chi connectivity index (χ3n) is 8.69. The number of carboxylic acids is 1. The van der Waals surface area contributed by atoms with E-state index >= 15 is 0 Å². The maximum Gasteiger partial charge on any atom is 0.325 e. The van der Waals surface area contributed by atoms with Gasteiger partial charge in [0.05, 0.1) is 6.04 Å². The lowest BCUT2D eigenvalue weighted by molar-refractivity contribution is -0.142. The molecule has 0 aromatic heterocycles. The third-order valence-corrected chi connectivity index (χ3v) is 8.69. The van der Waals surface area contributed by atoms with Crippen molar-refractivity contribution >= 4 is 35.5 Å². The predicted molar refractivity (Wildman–Crippen MR) is 178 cm³/mol. The first-order chi connectivity index (χ1) is 22.7. The van der Waals surface area contributed by atoms with Crippen LogP contribution in [0.4, 0.5) is 0 Å². The SMILES string of the molecule is CC[C@H](NC(=O)[C@H](CCCCN)NC(=O)[C@@H]1CCCN1C(=O)[C@@H](N)Cc1ccc(O)cc1)C(=O)N[C@H](C(=O)N[C@@H](C)C(=O)O)[C@@H](C)CC. The van der Waals surface area contributed by atoms with Crippen LogP contribution < -0.4 is 32.7 Å². The van der Waals surface area contributed by atoms with Crippen molar-refractivity contribution in [3.8, 4) is 5.75 Å². The van der Waals surface area contributed by atoms with Crippen LogP contribution >= 0.6 is 0 Å². The summed E-state index contributed by atoms with van der Waals surface area (Å²) in [6.07, 6.45) is 3.21. The number of nitrogens with two attached hydrogens (primary N) is 2. The highest BCUT2D eigenvalue weighted by molar-refractivity contribution is 5.96. The van der Waals surface area contributed by atoms with Crippen molar-refractivity contribution in [2.24, 2.45) is 17.4 Å². The van der Waals surface area contributed by atoms with Crippen molar-refractivity contribution in [2.45, 2.75) is 115 Å². The Bertz CT molecular complexity index is 1260. The summed E-state index contributed by atoms with van der Waals surface area (Å²) in [7, 11) is 0. The Morgan fingerprint density at radius 2 is 1.54 bits per heavy atom. The number of rotatable bonds is 19. The average Bonchev–Trinajstić information content (AvgIpc) is 3.55. The van der Waals surface area contributed by atoms with Gasteiger partial charge in [0, 0.05) is 6.54 Å². The van der Waals surface area contributed by atoms with E-state index in [1.54, 1.807) is 26.0 Å². The first-order valence-electron chi connectivity index (χ1n) is 16.7. The number of carbonyl (C=O) groups excluding carboxylic acids is 5. The highest BCUT2D eigenvalue weighted by atomic mass is 16.4. The van der Waals surface area contributed by atoms with Gasteiger partial charge in [0.15, 0.2) is 0 Å². The fourth-order valence-corrected chi connectivity index (χ4v) is 5.46. The fourth-order valence-electron chi connectivity index (χ4n) is 5.46. The van der Waals surface area contributed by atoms with Gasteiger partial charge in [-0.05, 0) is 82.0 Å². The number of carbonyl (C=O) groups is 6. The number of unbranched alkanes of at least 4 members (excludes halogenated alkanes) is 1. The molecule has 0 aliphatic carbocycles. The molecule has 5 amide bonds. The molecule has 268 valence electrons. The molecular weight excluding hydrogens is 622 g/mol. The Morgan fingerprint density at radius 3 is 2.12 bits per heavy atom. The second-order valence-corrected chi connectivity index (χ2v) is 12.4. The van der Waals surface area contributed by atoms with Crippen LogP contribution in [0.5, 0.6) is 5.75 Å². The number of amides is 5. The molecule has 1 aromatic carbocycles. The summed E-state index contributed by atoms with van der Waals surface area (Å²) >= 11 is 0. The van der Waals surface area contributed by atoms with E-state index in [0.717, 1.165) is 5.56 Å². The topological polar surface area (TPSA) is 246 Å². The summed E-state index contributed by atoms with van der Waals surface area (Å²) in [6, 6.07) is 0.322. The summed E-state index contributed by atoms with van der Waals surface area (Å²) in [4.78, 5) is 79.2. The molecule has 0 radical (unpaired) electrons. The minimum absolute atomic E-state index is 0.0937. The molecule has 15 nitrogen and oxygen atoms in total. The van der Waals surface area contributed by atoms with Crippen LogP contribution in [0.3, 0.4) is 0 Å². The maximum atomic E-state index is 13.5. The van der Waals surface area contributed by atoms with Crippen molar-refractivity contribution in [1.82, 2.24) is 26.2 Å². The van der Waals surface area contributed by atoms with Gasteiger partial charge in [0.1, 0.15) is 36.0 Å². The quantitative estimate of drug-likeness (QED) is 0.0904. The van der Waals surface area contributed by atoms with Gasteiger partial charge in [0.25, 0.3) is 0 Å². The van der Waals surface area contributed by atoms with Crippen LogP contribution in [0.1, 0.15) is 78.2 Å². The van der Waals surface area contributed by atoms with Crippen molar-refractivity contribution in [1.29, 1.82) is 0 Å². The molecule has 1 aromatic rings. The Morgan fingerprint density at radius 1 is 0.896 bits per heavy atom. The van der Waals surface area contributed by atoms with Gasteiger partial charge >= 0.3 is 5.97 Å². The van der Waals surface area contributed by atoms with E-state index in [0.29, 0.717) is 45.2 Å². The molecule has 1 aliphatic heterocycles. The highest BCUT2D eigenvalue weighted by Gasteiger charge is 2.38. The van der Waals surface area contributed by atoms with E-state index in [1.807, 2.05) is 6.92 Å². The van der Waals surface area contributed by atoms with Crippen LogP contribution in [-0.4, -0.2) is 100.0 Å². The summed E-state index contributed by atoms with van der Waals surface area (Å²) in [5.74, 6) is -4.26. The second-order valence-electron chi connectivity index (χ2n) is 12.4. The lowest BCUT2D eigenvalue weighted by Crippen LogP contribution is -2.59. The highest BCUT2D eigenvalue weighted by Crippen LogP contribution is 2.20. The average molecular weight is 676 g/mol. The van der Waals surface area contributed by atoms with E-state index in [4.69, 9.17) is 11.5 Å². The van der Waals surface area contributed by atoms with Gasteiger partial charge in [-0.1, -0.05) is 39.3 Å². The number of hydrogen-bond acceptors (Lipinski definition) is 9. The second kappa shape index (κ2) is 19.5. The van der Waals surface area contributed by atoms with E-state index < -0.39 is 71.8 Å². The molecule has 48 heavy (non-hydrogen) atoms. The van der Waals surface area contributed by atoms with E-state index in [9.17, 15) is 39.0 Å². The number of phenolic OH excluding ortho intramolecular Hbond substituents is 1. The lowest BCUT2D eigenvalue weighted by atomic mass is 9.97. The van der Waals surface area contributed by atoms with Crippen molar-refractivity contribution < 1.29 is 39.0 Å². The number of aromatic hydroxyl groups is 1. The molecule has 0 unspecified atom stereocenters. The van der Waals surface area contributed by atoms with Crippen LogP contribution in [0.15, 0.2) is 24.3 Å². The summed E-state index contributed by atoms with van der Waals surface area (Å²) in [5.41, 5.74) is 12.6. The molecule has 7 atom stereocenters. The number of phenols is 1. The van der Waals surface area contributed by atoms with Gasteiger partial charge in [-0.25, -0.2) is 0 Å². The van der Waals surface area contributed by atoms with E-state index in [2.05, 4.69) is 21.3 Å². The Hall–Kier alpha value is -4.24. The lowest BCUT2D eigenvalue weighted by Gasteiger charge is -2.29. The van der Waals surface area contributed by atoms with Crippen molar-refractivity contribution in [3.05, 3.63) is 29.8 Å². The number of benzene rings is 1. The molecule has 0 saturated carbocycles. The normalized spacial score (nSPS) is 18.0. The van der Waals surface area contributed by atoms with E-state index in [-0.39, 0.29) is 30.9 Å². The third kappa shape index (κ3) is 11.8. The van der Waals surface area contributed by atoms with Gasteiger partial charge in [-0.15, -0.1) is 0 Å². The standard InChI is InChI=1S/C33H53N7O8/c1-5-19(3)27(31(45)36-20(4)33(47)48)39-28(42)24(6-2)37-29(43)25(10-7-8-16-34)38-30(44)26-11-9-17-40(26)32(46)23(35)18-21-12-14-22(41)15-13-21/h12-15,19-20,23-27,41H,5-11,16-18,34-35H2,1-4H3,(H,36,45)(H,37,43)(H,38,44)(H,39,42)(H,47,48)/t19-,20-,23-,24-,25-,26-,27-/m0/s1. The number of nitrogens with zero attached hydrogens (tertiary/aromatic N) is 1. The minimum atomic E-state index is -1.22. The predicted octanol–water partition coefficient (Wildman–Crippen LogP) is -0.118. The van der Waals surface area contributed by atoms with Gasteiger partial charge < -0.3 is 47.8 Å². The van der Waals surface area contributed by atoms with Gasteiger partial charge in [0.2, 0.25) is 29.5 Å². The number of carboxylic acid groups (broad SMARTS) is 1.